The molecule has 6 heteroatoms. The number of fused-ring (bicyclic) bond motifs is 3. The summed E-state index contributed by atoms with van der Waals surface area (Å²) in [4.78, 5) is 12.9. The first kappa shape index (κ1) is 19.1. The molecule has 4 atom stereocenters. The van der Waals surface area contributed by atoms with Gasteiger partial charge in [-0.25, -0.2) is 0 Å². The van der Waals surface area contributed by atoms with Crippen molar-refractivity contribution in [3.63, 3.8) is 0 Å². The molecule has 4 unspecified atom stereocenters. The highest BCUT2D eigenvalue weighted by atomic mass is 16.7. The van der Waals surface area contributed by atoms with Crippen LogP contribution in [0.3, 0.4) is 0 Å². The van der Waals surface area contributed by atoms with Crippen LogP contribution in [0.5, 0.6) is 28.7 Å². The van der Waals surface area contributed by atoms with Crippen LogP contribution in [0.1, 0.15) is 48.3 Å². The van der Waals surface area contributed by atoms with Crippen LogP contribution in [0, 0.1) is 11.8 Å². The predicted octanol–water partition coefficient (Wildman–Crippen LogP) is 4.29. The molecule has 30 heavy (non-hydrogen) atoms. The van der Waals surface area contributed by atoms with Gasteiger partial charge in [-0.15, -0.1) is 0 Å². The zero-order chi connectivity index (χ0) is 21.0. The van der Waals surface area contributed by atoms with E-state index in [1.54, 1.807) is 21.3 Å². The Labute approximate surface area is 176 Å². The van der Waals surface area contributed by atoms with Crippen molar-refractivity contribution in [2.75, 3.05) is 28.1 Å². The smallest absolute Gasteiger partial charge is 0.231 e. The number of ketones is 1. The highest BCUT2D eigenvalue weighted by Gasteiger charge is 2.49. The lowest BCUT2D eigenvalue weighted by Crippen LogP contribution is -2.32. The van der Waals surface area contributed by atoms with Crippen molar-refractivity contribution in [3.05, 3.63) is 41.0 Å². The number of Topliss-reactive ketones (excluding diaryl/α,β-unsaturated/α-hetero) is 1. The monoisotopic (exact) mass is 410 g/mol. The summed E-state index contributed by atoms with van der Waals surface area (Å²) in [6.45, 7) is 2.39. The Bertz CT molecular complexity index is 988. The lowest BCUT2D eigenvalue weighted by Gasteiger charge is -2.40. The summed E-state index contributed by atoms with van der Waals surface area (Å²) < 4.78 is 28.0. The maximum atomic E-state index is 12.9. The minimum atomic E-state index is 0.00182. The molecule has 5 rings (SSSR count). The summed E-state index contributed by atoms with van der Waals surface area (Å²) in [5.74, 6) is 4.09. The van der Waals surface area contributed by atoms with Gasteiger partial charge in [0.2, 0.25) is 12.5 Å². The van der Waals surface area contributed by atoms with Gasteiger partial charge in [-0.2, -0.15) is 0 Å². The summed E-state index contributed by atoms with van der Waals surface area (Å²) >= 11 is 0. The largest absolute Gasteiger partial charge is 0.493 e. The molecule has 0 spiro atoms. The summed E-state index contributed by atoms with van der Waals surface area (Å²) in [5, 5.41) is 0. The third-order valence-corrected chi connectivity index (χ3v) is 6.97. The Morgan fingerprint density at radius 2 is 1.53 bits per heavy atom. The van der Waals surface area contributed by atoms with Gasteiger partial charge in [0.05, 0.1) is 21.3 Å². The standard InChI is InChI=1S/C24H26O6/c1-12-15-9-18-19(30-11-29-18)10-16(15)23(14-5-6-17(25)22(12)14)13-7-20(26-2)24(28-4)21(8-13)27-3/h7-10,12,14,22-23H,5-6,11H2,1-4H3. The van der Waals surface area contributed by atoms with Crippen molar-refractivity contribution in [1.82, 2.24) is 0 Å². The van der Waals surface area contributed by atoms with Crippen LogP contribution in [0.4, 0.5) is 0 Å². The van der Waals surface area contributed by atoms with E-state index in [-0.39, 0.29) is 30.5 Å². The Morgan fingerprint density at radius 1 is 0.900 bits per heavy atom. The third kappa shape index (κ3) is 2.66. The minimum Gasteiger partial charge on any atom is -0.493 e. The number of ether oxygens (including phenoxy) is 5. The zero-order valence-electron chi connectivity index (χ0n) is 17.7. The van der Waals surface area contributed by atoms with E-state index in [2.05, 4.69) is 19.1 Å². The predicted molar refractivity (Wildman–Crippen MR) is 110 cm³/mol. The summed E-state index contributed by atoms with van der Waals surface area (Å²) in [6, 6.07) is 8.18. The Kier molecular flexibility index (Phi) is 4.53. The number of benzene rings is 2. The Balaban J connectivity index is 1.73. The average Bonchev–Trinajstić information content (AvgIpc) is 3.38. The van der Waals surface area contributed by atoms with Crippen molar-refractivity contribution in [1.29, 1.82) is 0 Å². The molecule has 1 aliphatic heterocycles. The number of methoxy groups -OCH3 is 3. The van der Waals surface area contributed by atoms with Crippen LogP contribution in [0.2, 0.25) is 0 Å². The fraction of sp³-hybridized carbons (Fsp3) is 0.458. The Morgan fingerprint density at radius 3 is 2.13 bits per heavy atom. The van der Waals surface area contributed by atoms with Crippen molar-refractivity contribution in [2.45, 2.75) is 31.6 Å². The first-order chi connectivity index (χ1) is 14.6. The second-order valence-electron chi connectivity index (χ2n) is 8.25. The van der Waals surface area contributed by atoms with Gasteiger partial charge in [0.15, 0.2) is 23.0 Å². The van der Waals surface area contributed by atoms with Crippen LogP contribution < -0.4 is 23.7 Å². The van der Waals surface area contributed by atoms with Crippen molar-refractivity contribution in [2.24, 2.45) is 11.8 Å². The van der Waals surface area contributed by atoms with Gasteiger partial charge >= 0.3 is 0 Å². The van der Waals surface area contributed by atoms with Gasteiger partial charge < -0.3 is 23.7 Å². The summed E-state index contributed by atoms with van der Waals surface area (Å²) in [5.41, 5.74) is 3.41. The minimum absolute atomic E-state index is 0.00182. The van der Waals surface area contributed by atoms with E-state index in [0.29, 0.717) is 29.5 Å². The van der Waals surface area contributed by atoms with E-state index < -0.39 is 0 Å². The van der Waals surface area contributed by atoms with Crippen LogP contribution in [-0.2, 0) is 4.79 Å². The van der Waals surface area contributed by atoms with Crippen molar-refractivity contribution >= 4 is 5.78 Å². The molecule has 6 nitrogen and oxygen atoms in total. The van der Waals surface area contributed by atoms with Crippen LogP contribution in [0.25, 0.3) is 0 Å². The molecule has 1 heterocycles. The molecule has 0 aromatic heterocycles. The third-order valence-electron chi connectivity index (χ3n) is 6.97. The maximum absolute atomic E-state index is 12.9. The van der Waals surface area contributed by atoms with Gasteiger partial charge in [0.1, 0.15) is 5.78 Å². The Hall–Kier alpha value is -2.89. The molecule has 0 radical (unpaired) electrons. The van der Waals surface area contributed by atoms with Gasteiger partial charge in [-0.1, -0.05) is 6.92 Å². The highest BCUT2D eigenvalue weighted by molar-refractivity contribution is 5.85. The maximum Gasteiger partial charge on any atom is 0.231 e. The van der Waals surface area contributed by atoms with E-state index in [1.807, 2.05) is 12.1 Å². The highest BCUT2D eigenvalue weighted by Crippen LogP contribution is 2.57. The molecule has 2 aliphatic carbocycles. The fourth-order valence-electron chi connectivity index (χ4n) is 5.69. The van der Waals surface area contributed by atoms with Gasteiger partial charge in [0, 0.05) is 18.3 Å². The molecule has 158 valence electrons. The normalized spacial score (nSPS) is 26.2. The fourth-order valence-corrected chi connectivity index (χ4v) is 5.69. The molecule has 0 bridgehead atoms. The number of rotatable bonds is 4. The van der Waals surface area contributed by atoms with Crippen LogP contribution in [-0.4, -0.2) is 33.9 Å². The molecule has 0 amide bonds. The van der Waals surface area contributed by atoms with Gasteiger partial charge in [0.25, 0.3) is 0 Å². The first-order valence-electron chi connectivity index (χ1n) is 10.3. The topological polar surface area (TPSA) is 63.2 Å². The molecule has 0 N–H and O–H groups in total. The molecule has 1 saturated carbocycles. The van der Waals surface area contributed by atoms with Crippen molar-refractivity contribution in [3.8, 4) is 28.7 Å². The van der Waals surface area contributed by atoms with Crippen LogP contribution in [0.15, 0.2) is 24.3 Å². The lowest BCUT2D eigenvalue weighted by atomic mass is 9.63. The number of carbonyl (C=O) groups excluding carboxylic acids is 1. The first-order valence-corrected chi connectivity index (χ1v) is 10.3. The molecule has 0 saturated heterocycles. The second-order valence-corrected chi connectivity index (χ2v) is 8.25. The molecule has 2 aromatic rings. The lowest BCUT2D eigenvalue weighted by molar-refractivity contribution is -0.122. The summed E-state index contributed by atoms with van der Waals surface area (Å²) in [6.07, 6.45) is 1.50. The number of hydrogen-bond acceptors (Lipinski definition) is 6. The van der Waals surface area contributed by atoms with Crippen molar-refractivity contribution < 1.29 is 28.5 Å². The average molecular weight is 410 g/mol. The van der Waals surface area contributed by atoms with Gasteiger partial charge in [-0.3, -0.25) is 4.79 Å². The molecular formula is C24H26O6. The van der Waals surface area contributed by atoms with Gasteiger partial charge in [-0.05, 0) is 59.2 Å². The summed E-state index contributed by atoms with van der Waals surface area (Å²) in [7, 11) is 4.85. The van der Waals surface area contributed by atoms with E-state index in [4.69, 9.17) is 23.7 Å². The van der Waals surface area contributed by atoms with E-state index in [9.17, 15) is 4.79 Å². The number of hydrogen-bond donors (Lipinski definition) is 0. The molecule has 2 aromatic carbocycles. The number of carbonyl (C=O) groups is 1. The van der Waals surface area contributed by atoms with Crippen LogP contribution >= 0.6 is 0 Å². The molecule has 1 fully saturated rings. The quantitative estimate of drug-likeness (QED) is 0.750. The zero-order valence-corrected chi connectivity index (χ0v) is 17.7. The second kappa shape index (κ2) is 7.11. The SMILES string of the molecule is COc1cc(C2c3cc4c(cc3C(C)C3C(=O)CCC23)OCO4)cc(OC)c1OC. The van der Waals surface area contributed by atoms with E-state index >= 15 is 0 Å². The van der Waals surface area contributed by atoms with E-state index in [0.717, 1.165) is 29.0 Å². The molecular weight excluding hydrogens is 384 g/mol. The van der Waals surface area contributed by atoms with E-state index in [1.165, 1.54) is 5.56 Å². The molecule has 3 aliphatic rings.